The number of rotatable bonds is 2. The molecule has 0 saturated carbocycles. The molecule has 1 aromatic heterocycles. The summed E-state index contributed by atoms with van der Waals surface area (Å²) in [7, 11) is 0. The number of fused-ring (bicyclic) bond motifs is 1. The predicted octanol–water partition coefficient (Wildman–Crippen LogP) is 5.44. The first-order valence-electron chi connectivity index (χ1n) is 6.41. The van der Waals surface area contributed by atoms with Gasteiger partial charge in [0, 0.05) is 16.0 Å². The maximum Gasteiger partial charge on any atom is 0.291 e. The first-order valence-corrected chi connectivity index (χ1v) is 7.17. The fraction of sp³-hybridized carbons (Fsp3) is 0.0625. The molecule has 3 rings (SSSR count). The Hall–Kier alpha value is -2.04. The Morgan fingerprint density at radius 2 is 2.00 bits per heavy atom. The molecule has 0 unspecified atom stereocenters. The minimum atomic E-state index is -0.618. The number of anilines is 1. The van der Waals surface area contributed by atoms with E-state index in [2.05, 4.69) is 5.32 Å². The second kappa shape index (κ2) is 5.63. The van der Waals surface area contributed by atoms with Crippen molar-refractivity contribution in [2.75, 3.05) is 5.32 Å². The normalized spacial score (nSPS) is 10.9. The summed E-state index contributed by atoms with van der Waals surface area (Å²) in [6.07, 6.45) is 0. The largest absolute Gasteiger partial charge is 0.449 e. The maximum absolute atomic E-state index is 13.7. The smallest absolute Gasteiger partial charge is 0.291 e. The summed E-state index contributed by atoms with van der Waals surface area (Å²) in [6, 6.07) is 9.25. The van der Waals surface area contributed by atoms with Crippen molar-refractivity contribution in [3.05, 3.63) is 63.6 Å². The van der Waals surface area contributed by atoms with Crippen LogP contribution in [-0.2, 0) is 0 Å². The lowest BCUT2D eigenvalue weighted by Gasteiger charge is -2.05. The summed E-state index contributed by atoms with van der Waals surface area (Å²) >= 11 is 11.7. The molecule has 3 aromatic rings. The second-order valence-corrected chi connectivity index (χ2v) is 5.59. The molecular formula is C16H10Cl2FNO2. The number of aryl methyl sites for hydroxylation is 1. The molecular weight excluding hydrogens is 328 g/mol. The van der Waals surface area contributed by atoms with Gasteiger partial charge in [0.2, 0.25) is 0 Å². The SMILES string of the molecule is Cc1c(C(=O)Nc2ccc(Cl)cc2F)oc2c(Cl)cccc12. The van der Waals surface area contributed by atoms with E-state index in [0.717, 1.165) is 11.5 Å². The number of para-hydroxylation sites is 1. The molecule has 22 heavy (non-hydrogen) atoms. The summed E-state index contributed by atoms with van der Waals surface area (Å²) < 4.78 is 19.3. The zero-order chi connectivity index (χ0) is 15.9. The van der Waals surface area contributed by atoms with Gasteiger partial charge >= 0.3 is 0 Å². The molecule has 1 heterocycles. The van der Waals surface area contributed by atoms with Crippen LogP contribution in [0.5, 0.6) is 0 Å². The maximum atomic E-state index is 13.7. The van der Waals surface area contributed by atoms with Crippen LogP contribution < -0.4 is 5.32 Å². The van der Waals surface area contributed by atoms with Gasteiger partial charge in [0.25, 0.3) is 5.91 Å². The molecule has 2 aromatic carbocycles. The van der Waals surface area contributed by atoms with E-state index in [-0.39, 0.29) is 16.5 Å². The summed E-state index contributed by atoms with van der Waals surface area (Å²) in [6.45, 7) is 1.75. The molecule has 0 radical (unpaired) electrons. The number of furan rings is 1. The Morgan fingerprint density at radius 1 is 1.23 bits per heavy atom. The van der Waals surface area contributed by atoms with E-state index in [1.54, 1.807) is 25.1 Å². The Morgan fingerprint density at radius 3 is 2.68 bits per heavy atom. The van der Waals surface area contributed by atoms with Crippen molar-refractivity contribution >= 4 is 45.8 Å². The minimum absolute atomic E-state index is 0.0281. The Kier molecular flexibility index (Phi) is 3.81. The van der Waals surface area contributed by atoms with Gasteiger partial charge in [-0.25, -0.2) is 4.39 Å². The number of carbonyl (C=O) groups is 1. The van der Waals surface area contributed by atoms with Gasteiger partial charge in [-0.2, -0.15) is 0 Å². The van der Waals surface area contributed by atoms with Crippen LogP contribution in [-0.4, -0.2) is 5.91 Å². The Balaban J connectivity index is 1.99. The molecule has 1 N–H and O–H groups in total. The van der Waals surface area contributed by atoms with E-state index in [1.165, 1.54) is 12.1 Å². The Bertz CT molecular complexity index is 889. The average molecular weight is 338 g/mol. The lowest BCUT2D eigenvalue weighted by Crippen LogP contribution is -2.13. The molecule has 6 heteroatoms. The highest BCUT2D eigenvalue weighted by molar-refractivity contribution is 6.35. The highest BCUT2D eigenvalue weighted by Gasteiger charge is 2.20. The fourth-order valence-electron chi connectivity index (χ4n) is 2.20. The van der Waals surface area contributed by atoms with Crippen LogP contribution in [0.1, 0.15) is 16.1 Å². The zero-order valence-corrected chi connectivity index (χ0v) is 12.9. The topological polar surface area (TPSA) is 42.2 Å². The van der Waals surface area contributed by atoms with E-state index in [1.807, 2.05) is 0 Å². The summed E-state index contributed by atoms with van der Waals surface area (Å²) in [4.78, 5) is 12.3. The lowest BCUT2D eigenvalue weighted by atomic mass is 10.1. The molecule has 0 bridgehead atoms. The van der Waals surface area contributed by atoms with Crippen molar-refractivity contribution < 1.29 is 13.6 Å². The lowest BCUT2D eigenvalue weighted by molar-refractivity contribution is 0.0997. The summed E-state index contributed by atoms with van der Waals surface area (Å²) in [5.74, 6) is -1.07. The van der Waals surface area contributed by atoms with Crippen LogP contribution in [0.15, 0.2) is 40.8 Å². The van der Waals surface area contributed by atoms with Crippen LogP contribution in [0.3, 0.4) is 0 Å². The highest BCUT2D eigenvalue weighted by Crippen LogP contribution is 2.31. The van der Waals surface area contributed by atoms with E-state index < -0.39 is 11.7 Å². The van der Waals surface area contributed by atoms with Crippen LogP contribution in [0.25, 0.3) is 11.0 Å². The van der Waals surface area contributed by atoms with Crippen molar-refractivity contribution in [2.45, 2.75) is 6.92 Å². The number of hydrogen-bond donors (Lipinski definition) is 1. The van der Waals surface area contributed by atoms with Crippen LogP contribution >= 0.6 is 23.2 Å². The van der Waals surface area contributed by atoms with Crippen LogP contribution in [0.4, 0.5) is 10.1 Å². The van der Waals surface area contributed by atoms with Crippen molar-refractivity contribution in [3.63, 3.8) is 0 Å². The number of nitrogens with one attached hydrogen (secondary N) is 1. The molecule has 0 aliphatic rings. The van der Waals surface area contributed by atoms with E-state index in [4.69, 9.17) is 27.6 Å². The first-order chi connectivity index (χ1) is 10.5. The number of hydrogen-bond acceptors (Lipinski definition) is 2. The molecule has 0 fully saturated rings. The van der Waals surface area contributed by atoms with E-state index in [9.17, 15) is 9.18 Å². The average Bonchev–Trinajstić information content (AvgIpc) is 2.81. The second-order valence-electron chi connectivity index (χ2n) is 4.75. The molecule has 112 valence electrons. The van der Waals surface area contributed by atoms with Crippen LogP contribution in [0.2, 0.25) is 10.0 Å². The monoisotopic (exact) mass is 337 g/mol. The van der Waals surface area contributed by atoms with Gasteiger partial charge in [-0.15, -0.1) is 0 Å². The Labute approximate surface area is 135 Å². The number of amides is 1. The van der Waals surface area contributed by atoms with Crippen molar-refractivity contribution in [2.24, 2.45) is 0 Å². The highest BCUT2D eigenvalue weighted by atomic mass is 35.5. The molecule has 1 amide bonds. The molecule has 3 nitrogen and oxygen atoms in total. The first kappa shape index (κ1) is 14.9. The molecule has 0 aliphatic carbocycles. The van der Waals surface area contributed by atoms with Gasteiger partial charge in [-0.05, 0) is 31.2 Å². The molecule has 0 spiro atoms. The molecule has 0 atom stereocenters. The van der Waals surface area contributed by atoms with Crippen molar-refractivity contribution in [3.8, 4) is 0 Å². The third kappa shape index (κ3) is 2.56. The number of benzene rings is 2. The van der Waals surface area contributed by atoms with Gasteiger partial charge in [0.05, 0.1) is 10.7 Å². The van der Waals surface area contributed by atoms with Gasteiger partial charge < -0.3 is 9.73 Å². The number of halogens is 3. The van der Waals surface area contributed by atoms with Gasteiger partial charge in [0.15, 0.2) is 11.3 Å². The third-order valence-corrected chi connectivity index (χ3v) is 3.83. The quantitative estimate of drug-likeness (QED) is 0.676. The zero-order valence-electron chi connectivity index (χ0n) is 11.4. The van der Waals surface area contributed by atoms with E-state index >= 15 is 0 Å². The number of carbonyl (C=O) groups excluding carboxylic acids is 1. The van der Waals surface area contributed by atoms with E-state index in [0.29, 0.717) is 16.2 Å². The van der Waals surface area contributed by atoms with Crippen molar-refractivity contribution in [1.29, 1.82) is 0 Å². The molecule has 0 saturated heterocycles. The predicted molar refractivity (Wildman–Crippen MR) is 85.3 cm³/mol. The fourth-order valence-corrected chi connectivity index (χ4v) is 2.57. The standard InChI is InChI=1S/C16H10Cl2FNO2/c1-8-10-3-2-4-11(18)15(10)22-14(8)16(21)20-13-6-5-9(17)7-12(13)19/h2-7H,1H3,(H,20,21). The van der Waals surface area contributed by atoms with Gasteiger partial charge in [-0.1, -0.05) is 35.3 Å². The molecule has 0 aliphatic heterocycles. The van der Waals surface area contributed by atoms with Gasteiger partial charge in [0.1, 0.15) is 5.82 Å². The van der Waals surface area contributed by atoms with Gasteiger partial charge in [-0.3, -0.25) is 4.79 Å². The van der Waals surface area contributed by atoms with Crippen molar-refractivity contribution in [1.82, 2.24) is 0 Å². The minimum Gasteiger partial charge on any atom is -0.449 e. The third-order valence-electron chi connectivity index (χ3n) is 3.30. The van der Waals surface area contributed by atoms with Crippen LogP contribution in [0, 0.1) is 12.7 Å². The summed E-state index contributed by atoms with van der Waals surface area (Å²) in [5.41, 5.74) is 1.10. The summed E-state index contributed by atoms with van der Waals surface area (Å²) in [5, 5.41) is 3.88.